The molecular weight excluding hydrogens is 136 g/mol. The van der Waals surface area contributed by atoms with Crippen LogP contribution in [0.15, 0.2) is 0 Å². The Morgan fingerprint density at radius 2 is 2.33 bits per heavy atom. The highest BCUT2D eigenvalue weighted by Crippen LogP contribution is 2.29. The van der Waals surface area contributed by atoms with Crippen LogP contribution in [-0.4, -0.2) is 11.7 Å². The van der Waals surface area contributed by atoms with Crippen LogP contribution >= 0.6 is 11.6 Å². The number of hydrogen-bond donors (Lipinski definition) is 0. The Morgan fingerprint density at radius 1 is 1.67 bits per heavy atom. The molecular formula is C7H13ClO. The Morgan fingerprint density at radius 3 is 2.56 bits per heavy atom. The quantitative estimate of drug-likeness (QED) is 0.519. The summed E-state index contributed by atoms with van der Waals surface area (Å²) in [5.74, 6) is 0.650. The van der Waals surface area contributed by atoms with Crippen molar-refractivity contribution < 1.29 is 4.74 Å². The molecule has 0 aromatic carbocycles. The molecule has 0 N–H and O–H groups in total. The van der Waals surface area contributed by atoms with Crippen LogP contribution in [0, 0.1) is 5.92 Å². The summed E-state index contributed by atoms with van der Waals surface area (Å²) < 4.78 is 5.39. The van der Waals surface area contributed by atoms with Gasteiger partial charge in [-0.2, -0.15) is 0 Å². The van der Waals surface area contributed by atoms with Crippen LogP contribution in [0.4, 0.5) is 0 Å². The second-order valence-electron chi connectivity index (χ2n) is 2.71. The van der Waals surface area contributed by atoms with Gasteiger partial charge in [0.2, 0.25) is 0 Å². The van der Waals surface area contributed by atoms with Crippen LogP contribution in [0.25, 0.3) is 0 Å². The highest BCUT2D eigenvalue weighted by Gasteiger charge is 2.28. The van der Waals surface area contributed by atoms with Gasteiger partial charge in [-0.15, -0.1) is 0 Å². The van der Waals surface area contributed by atoms with Gasteiger partial charge in [-0.05, 0) is 18.8 Å². The van der Waals surface area contributed by atoms with Crippen molar-refractivity contribution in [2.45, 2.75) is 38.4 Å². The van der Waals surface area contributed by atoms with Gasteiger partial charge < -0.3 is 4.74 Å². The van der Waals surface area contributed by atoms with Crippen molar-refractivity contribution in [2.75, 3.05) is 0 Å². The van der Waals surface area contributed by atoms with Crippen molar-refractivity contribution in [3.05, 3.63) is 0 Å². The number of hydrogen-bond acceptors (Lipinski definition) is 1. The monoisotopic (exact) mass is 148 g/mol. The van der Waals surface area contributed by atoms with Crippen molar-refractivity contribution in [1.29, 1.82) is 0 Å². The Bertz CT molecular complexity index is 94.9. The molecule has 0 saturated carbocycles. The average Bonchev–Trinajstić information content (AvgIpc) is 2.10. The van der Waals surface area contributed by atoms with Crippen LogP contribution in [0.1, 0.15) is 26.7 Å². The van der Waals surface area contributed by atoms with Gasteiger partial charge >= 0.3 is 0 Å². The zero-order valence-electron chi connectivity index (χ0n) is 5.93. The third kappa shape index (κ3) is 1.59. The minimum Gasteiger partial charge on any atom is -0.359 e. The third-order valence-electron chi connectivity index (χ3n) is 1.92. The van der Waals surface area contributed by atoms with E-state index in [2.05, 4.69) is 13.8 Å². The first-order valence-electron chi connectivity index (χ1n) is 3.53. The Labute approximate surface area is 61.3 Å². The van der Waals surface area contributed by atoms with Gasteiger partial charge in [0.1, 0.15) is 5.56 Å². The summed E-state index contributed by atoms with van der Waals surface area (Å²) >= 11 is 5.76. The van der Waals surface area contributed by atoms with E-state index in [0.29, 0.717) is 12.0 Å². The van der Waals surface area contributed by atoms with E-state index in [9.17, 15) is 0 Å². The molecule has 1 fully saturated rings. The highest BCUT2D eigenvalue weighted by molar-refractivity contribution is 6.19. The van der Waals surface area contributed by atoms with Crippen molar-refractivity contribution in [1.82, 2.24) is 0 Å². The van der Waals surface area contributed by atoms with E-state index in [1.54, 1.807) is 0 Å². The van der Waals surface area contributed by atoms with Crippen molar-refractivity contribution in [2.24, 2.45) is 5.92 Å². The maximum absolute atomic E-state index is 5.76. The molecule has 9 heavy (non-hydrogen) atoms. The lowest BCUT2D eigenvalue weighted by Crippen LogP contribution is -2.11. The molecule has 0 spiro atoms. The molecule has 1 aliphatic heterocycles. The van der Waals surface area contributed by atoms with Gasteiger partial charge in [0.05, 0.1) is 6.10 Å². The zero-order valence-corrected chi connectivity index (χ0v) is 6.69. The maximum Gasteiger partial charge on any atom is 0.131 e. The lowest BCUT2D eigenvalue weighted by atomic mass is 10.0. The van der Waals surface area contributed by atoms with Crippen molar-refractivity contribution in [3.8, 4) is 0 Å². The molecule has 3 atom stereocenters. The van der Waals surface area contributed by atoms with E-state index in [1.807, 2.05) is 0 Å². The van der Waals surface area contributed by atoms with Crippen LogP contribution in [0.5, 0.6) is 0 Å². The molecule has 0 aliphatic carbocycles. The van der Waals surface area contributed by atoms with Crippen LogP contribution in [0.3, 0.4) is 0 Å². The summed E-state index contributed by atoms with van der Waals surface area (Å²) in [4.78, 5) is 0. The molecule has 2 heteroatoms. The molecule has 0 aromatic rings. The van der Waals surface area contributed by atoms with Crippen LogP contribution in [-0.2, 0) is 4.74 Å². The minimum absolute atomic E-state index is 0.0232. The molecule has 0 bridgehead atoms. The lowest BCUT2D eigenvalue weighted by molar-refractivity contribution is 0.0721. The molecule has 1 rings (SSSR count). The Kier molecular flexibility index (Phi) is 2.36. The Hall–Kier alpha value is 0.250. The fourth-order valence-electron chi connectivity index (χ4n) is 1.32. The first kappa shape index (κ1) is 7.36. The number of halogens is 1. The van der Waals surface area contributed by atoms with Gasteiger partial charge in [0.25, 0.3) is 0 Å². The van der Waals surface area contributed by atoms with Crippen molar-refractivity contribution >= 4 is 11.6 Å². The van der Waals surface area contributed by atoms with Gasteiger partial charge in [0, 0.05) is 0 Å². The fourth-order valence-corrected chi connectivity index (χ4v) is 1.74. The standard InChI is InChI=1S/C7H13ClO/c1-3-6-5(2)4-7(8)9-6/h5-7H,3-4H2,1-2H3/t5?,6-,7+/m1/s1. The van der Waals surface area contributed by atoms with E-state index in [4.69, 9.17) is 16.3 Å². The van der Waals surface area contributed by atoms with Gasteiger partial charge in [-0.1, -0.05) is 25.4 Å². The molecule has 1 nitrogen and oxygen atoms in total. The van der Waals surface area contributed by atoms with Gasteiger partial charge in [-0.25, -0.2) is 0 Å². The second kappa shape index (κ2) is 2.89. The molecule has 54 valence electrons. The minimum atomic E-state index is -0.0232. The summed E-state index contributed by atoms with van der Waals surface area (Å²) in [6, 6.07) is 0. The molecule has 1 aliphatic rings. The summed E-state index contributed by atoms with van der Waals surface area (Å²) in [7, 11) is 0. The molecule has 1 saturated heterocycles. The summed E-state index contributed by atoms with van der Waals surface area (Å²) in [6.07, 6.45) is 2.51. The number of alkyl halides is 1. The average molecular weight is 149 g/mol. The maximum atomic E-state index is 5.76. The normalized spacial score (nSPS) is 43.7. The predicted molar refractivity (Wildman–Crippen MR) is 38.6 cm³/mol. The molecule has 0 radical (unpaired) electrons. The first-order valence-corrected chi connectivity index (χ1v) is 3.97. The topological polar surface area (TPSA) is 9.23 Å². The molecule has 1 unspecified atom stereocenters. The van der Waals surface area contributed by atoms with Crippen molar-refractivity contribution in [3.63, 3.8) is 0 Å². The summed E-state index contributed by atoms with van der Waals surface area (Å²) in [6.45, 7) is 4.33. The SMILES string of the molecule is CC[C@H]1O[C@H](Cl)CC1C. The zero-order chi connectivity index (χ0) is 6.85. The second-order valence-corrected chi connectivity index (χ2v) is 3.19. The van der Waals surface area contributed by atoms with E-state index >= 15 is 0 Å². The molecule has 1 heterocycles. The third-order valence-corrected chi connectivity index (χ3v) is 2.20. The number of ether oxygens (including phenoxy) is 1. The van der Waals surface area contributed by atoms with E-state index in [0.717, 1.165) is 12.8 Å². The fraction of sp³-hybridized carbons (Fsp3) is 1.00. The van der Waals surface area contributed by atoms with Crippen LogP contribution < -0.4 is 0 Å². The van der Waals surface area contributed by atoms with E-state index in [1.165, 1.54) is 0 Å². The highest BCUT2D eigenvalue weighted by atomic mass is 35.5. The summed E-state index contributed by atoms with van der Waals surface area (Å²) in [5.41, 5.74) is -0.0232. The lowest BCUT2D eigenvalue weighted by Gasteiger charge is -2.09. The Balaban J connectivity index is 2.38. The van der Waals surface area contributed by atoms with E-state index < -0.39 is 0 Å². The van der Waals surface area contributed by atoms with Gasteiger partial charge in [0.15, 0.2) is 0 Å². The molecule has 0 aromatic heterocycles. The predicted octanol–water partition coefficient (Wildman–Crippen LogP) is 2.39. The smallest absolute Gasteiger partial charge is 0.131 e. The largest absolute Gasteiger partial charge is 0.359 e. The first-order chi connectivity index (χ1) is 4.24. The van der Waals surface area contributed by atoms with Crippen LogP contribution in [0.2, 0.25) is 0 Å². The number of rotatable bonds is 1. The van der Waals surface area contributed by atoms with E-state index in [-0.39, 0.29) is 5.56 Å². The van der Waals surface area contributed by atoms with Gasteiger partial charge in [-0.3, -0.25) is 0 Å². The summed E-state index contributed by atoms with van der Waals surface area (Å²) in [5, 5.41) is 0. The molecule has 0 amide bonds.